The number of methoxy groups -OCH3 is 1. The molecule has 1 amide bonds. The number of benzene rings is 1. The number of rotatable bonds is 6. The number of hydrogen-bond acceptors (Lipinski definition) is 4. The summed E-state index contributed by atoms with van der Waals surface area (Å²) in [6.07, 6.45) is 1.72. The Labute approximate surface area is 117 Å². The van der Waals surface area contributed by atoms with Gasteiger partial charge >= 0.3 is 5.97 Å². The molecule has 5 nitrogen and oxygen atoms in total. The molecule has 0 aliphatic rings. The molecule has 0 bridgehead atoms. The van der Waals surface area contributed by atoms with Gasteiger partial charge in [-0.25, -0.2) is 9.18 Å². The third-order valence-corrected chi connectivity index (χ3v) is 2.77. The van der Waals surface area contributed by atoms with Crippen LogP contribution in [-0.2, 0) is 9.53 Å². The van der Waals surface area contributed by atoms with Gasteiger partial charge in [-0.15, -0.1) is 0 Å². The second-order valence-corrected chi connectivity index (χ2v) is 4.48. The molecule has 0 radical (unpaired) electrons. The number of halogens is 1. The van der Waals surface area contributed by atoms with Crippen molar-refractivity contribution in [1.29, 1.82) is 0 Å². The molecular formula is C14H19FN2O3. The van der Waals surface area contributed by atoms with Gasteiger partial charge in [0.2, 0.25) is 5.91 Å². The second kappa shape index (κ2) is 7.59. The highest BCUT2D eigenvalue weighted by molar-refractivity contribution is 6.01. The predicted octanol–water partition coefficient (Wildman–Crippen LogP) is 2.07. The average molecular weight is 282 g/mol. The van der Waals surface area contributed by atoms with Gasteiger partial charge in [-0.2, -0.15) is 0 Å². The Morgan fingerprint density at radius 2 is 2.15 bits per heavy atom. The zero-order valence-corrected chi connectivity index (χ0v) is 11.6. The maximum absolute atomic E-state index is 13.2. The first-order chi connectivity index (χ1) is 9.47. The summed E-state index contributed by atoms with van der Waals surface area (Å²) in [6, 6.07) is 3.22. The quantitative estimate of drug-likeness (QED) is 0.783. The number of nitrogens with one attached hydrogen (secondary N) is 1. The van der Waals surface area contributed by atoms with Gasteiger partial charge in [0, 0.05) is 12.5 Å². The van der Waals surface area contributed by atoms with Crippen molar-refractivity contribution < 1.29 is 18.7 Å². The highest BCUT2D eigenvalue weighted by atomic mass is 19.1. The third-order valence-electron chi connectivity index (χ3n) is 2.77. The average Bonchev–Trinajstić information content (AvgIpc) is 2.38. The molecule has 0 spiro atoms. The van der Waals surface area contributed by atoms with Crippen LogP contribution in [0.5, 0.6) is 0 Å². The lowest BCUT2D eigenvalue weighted by Gasteiger charge is -2.12. The van der Waals surface area contributed by atoms with Crippen molar-refractivity contribution in [1.82, 2.24) is 0 Å². The van der Waals surface area contributed by atoms with Crippen LogP contribution in [-0.4, -0.2) is 25.0 Å². The minimum atomic E-state index is -0.641. The number of nitrogens with two attached hydrogens (primary N) is 1. The van der Waals surface area contributed by atoms with Crippen molar-refractivity contribution in [2.24, 2.45) is 5.73 Å². The van der Waals surface area contributed by atoms with Gasteiger partial charge in [-0.3, -0.25) is 4.79 Å². The topological polar surface area (TPSA) is 81.4 Å². The van der Waals surface area contributed by atoms with Crippen LogP contribution in [0.1, 0.15) is 36.5 Å². The Balaban J connectivity index is 2.82. The van der Waals surface area contributed by atoms with Gasteiger partial charge in [0.05, 0.1) is 18.4 Å². The van der Waals surface area contributed by atoms with Gasteiger partial charge < -0.3 is 15.8 Å². The highest BCUT2D eigenvalue weighted by Gasteiger charge is 2.16. The molecule has 1 aromatic carbocycles. The molecule has 1 rings (SSSR count). The van der Waals surface area contributed by atoms with Gasteiger partial charge in [0.15, 0.2) is 0 Å². The zero-order chi connectivity index (χ0) is 15.1. The monoisotopic (exact) mass is 282 g/mol. The lowest BCUT2D eigenvalue weighted by Crippen LogP contribution is -2.27. The first-order valence-corrected chi connectivity index (χ1v) is 6.41. The lowest BCUT2D eigenvalue weighted by molar-refractivity contribution is -0.116. The Morgan fingerprint density at radius 3 is 2.75 bits per heavy atom. The molecule has 0 heterocycles. The molecule has 0 aromatic heterocycles. The van der Waals surface area contributed by atoms with Gasteiger partial charge in [-0.1, -0.05) is 13.3 Å². The molecule has 0 fully saturated rings. The summed E-state index contributed by atoms with van der Waals surface area (Å²) in [4.78, 5) is 23.3. The van der Waals surface area contributed by atoms with E-state index in [9.17, 15) is 14.0 Å². The highest BCUT2D eigenvalue weighted by Crippen LogP contribution is 2.18. The van der Waals surface area contributed by atoms with Crippen LogP contribution in [0.15, 0.2) is 18.2 Å². The minimum Gasteiger partial charge on any atom is -0.465 e. The van der Waals surface area contributed by atoms with Crippen molar-refractivity contribution >= 4 is 17.6 Å². The first kappa shape index (κ1) is 16.1. The lowest BCUT2D eigenvalue weighted by atomic mass is 10.1. The van der Waals surface area contributed by atoms with Crippen molar-refractivity contribution in [2.45, 2.75) is 32.2 Å². The summed E-state index contributed by atoms with van der Waals surface area (Å²) in [7, 11) is 1.22. The van der Waals surface area contributed by atoms with E-state index in [2.05, 4.69) is 10.1 Å². The number of ether oxygens (including phenoxy) is 1. The van der Waals surface area contributed by atoms with Crippen molar-refractivity contribution in [3.05, 3.63) is 29.6 Å². The van der Waals surface area contributed by atoms with E-state index < -0.39 is 11.8 Å². The van der Waals surface area contributed by atoms with E-state index in [0.717, 1.165) is 25.0 Å². The third kappa shape index (κ3) is 4.62. The maximum Gasteiger partial charge on any atom is 0.339 e. The van der Waals surface area contributed by atoms with E-state index in [1.807, 2.05) is 6.92 Å². The molecule has 0 aliphatic heterocycles. The molecule has 3 N–H and O–H groups in total. The van der Waals surface area contributed by atoms with E-state index in [1.54, 1.807) is 0 Å². The SMILES string of the molecule is CCCC(N)CC(=O)Nc1cc(F)ccc1C(=O)OC. The summed E-state index contributed by atoms with van der Waals surface area (Å²) >= 11 is 0. The molecule has 1 unspecified atom stereocenters. The molecule has 1 aromatic rings. The Morgan fingerprint density at radius 1 is 1.45 bits per heavy atom. The smallest absolute Gasteiger partial charge is 0.339 e. The Kier molecular flexibility index (Phi) is 6.11. The van der Waals surface area contributed by atoms with Crippen LogP contribution in [0.4, 0.5) is 10.1 Å². The summed E-state index contributed by atoms with van der Waals surface area (Å²) in [5.41, 5.74) is 5.96. The van der Waals surface area contributed by atoms with Crippen molar-refractivity contribution in [3.63, 3.8) is 0 Å². The van der Waals surface area contributed by atoms with Crippen LogP contribution in [0.25, 0.3) is 0 Å². The van der Waals surface area contributed by atoms with Crippen LogP contribution in [0, 0.1) is 5.82 Å². The van der Waals surface area contributed by atoms with Crippen LogP contribution in [0.3, 0.4) is 0 Å². The molecular weight excluding hydrogens is 263 g/mol. The fourth-order valence-corrected chi connectivity index (χ4v) is 1.82. The van der Waals surface area contributed by atoms with Gasteiger partial charge in [0.25, 0.3) is 0 Å². The predicted molar refractivity (Wildman–Crippen MR) is 73.9 cm³/mol. The molecule has 6 heteroatoms. The second-order valence-electron chi connectivity index (χ2n) is 4.48. The van der Waals surface area contributed by atoms with E-state index in [1.165, 1.54) is 13.2 Å². The Bertz CT molecular complexity index is 491. The summed E-state index contributed by atoms with van der Waals surface area (Å²) in [5.74, 6) is -1.55. The molecule has 0 saturated heterocycles. The molecule has 1 atom stereocenters. The maximum atomic E-state index is 13.2. The van der Waals surface area contributed by atoms with Crippen LogP contribution in [0.2, 0.25) is 0 Å². The summed E-state index contributed by atoms with van der Waals surface area (Å²) in [5, 5.41) is 2.50. The fourth-order valence-electron chi connectivity index (χ4n) is 1.82. The van der Waals surface area contributed by atoms with Gasteiger partial charge in [-0.05, 0) is 24.6 Å². The first-order valence-electron chi connectivity index (χ1n) is 6.41. The summed E-state index contributed by atoms with van der Waals surface area (Å²) in [6.45, 7) is 1.97. The van der Waals surface area contributed by atoms with E-state index in [0.29, 0.717) is 0 Å². The van der Waals surface area contributed by atoms with E-state index in [4.69, 9.17) is 5.73 Å². The number of anilines is 1. The Hall–Kier alpha value is -1.95. The molecule has 20 heavy (non-hydrogen) atoms. The summed E-state index contributed by atoms with van der Waals surface area (Å²) < 4.78 is 17.8. The normalized spacial score (nSPS) is 11.8. The number of esters is 1. The number of amides is 1. The van der Waals surface area contributed by atoms with Crippen LogP contribution < -0.4 is 11.1 Å². The number of carbonyl (C=O) groups excluding carboxylic acids is 2. The van der Waals surface area contributed by atoms with E-state index >= 15 is 0 Å². The van der Waals surface area contributed by atoms with Crippen molar-refractivity contribution in [3.8, 4) is 0 Å². The standard InChI is InChI=1S/C14H19FN2O3/c1-3-4-10(16)8-13(18)17-12-7-9(15)5-6-11(12)14(19)20-2/h5-7,10H,3-4,8,16H2,1-2H3,(H,17,18). The van der Waals surface area contributed by atoms with Crippen molar-refractivity contribution in [2.75, 3.05) is 12.4 Å². The number of carbonyl (C=O) groups is 2. The minimum absolute atomic E-state index is 0.0885. The van der Waals surface area contributed by atoms with Gasteiger partial charge in [0.1, 0.15) is 5.82 Å². The van der Waals surface area contributed by atoms with Crippen LogP contribution >= 0.6 is 0 Å². The van der Waals surface area contributed by atoms with E-state index in [-0.39, 0.29) is 29.6 Å². The fraction of sp³-hybridized carbons (Fsp3) is 0.429. The zero-order valence-electron chi connectivity index (χ0n) is 11.6. The molecule has 0 saturated carbocycles. The molecule has 110 valence electrons. The largest absolute Gasteiger partial charge is 0.465 e. The molecule has 0 aliphatic carbocycles. The number of hydrogen-bond donors (Lipinski definition) is 2.